The lowest BCUT2D eigenvalue weighted by Crippen LogP contribution is -2.26. The summed E-state index contributed by atoms with van der Waals surface area (Å²) in [6.07, 6.45) is -9.51. The predicted octanol–water partition coefficient (Wildman–Crippen LogP) is 3.95. The Balaban J connectivity index is 2.14. The van der Waals surface area contributed by atoms with Crippen molar-refractivity contribution in [2.45, 2.75) is 24.9 Å². The molecule has 3 heterocycles. The highest BCUT2D eigenvalue weighted by Crippen LogP contribution is 2.39. The summed E-state index contributed by atoms with van der Waals surface area (Å²) in [5, 5.41) is 6.56. The van der Waals surface area contributed by atoms with Crippen LogP contribution < -0.4 is 10.9 Å². The molecule has 1 atom stereocenters. The summed E-state index contributed by atoms with van der Waals surface area (Å²) in [5.74, 6) is 0. The van der Waals surface area contributed by atoms with Gasteiger partial charge in [0.2, 0.25) is 0 Å². The first-order valence-electron chi connectivity index (χ1n) is 7.92. The molecule has 3 rings (SSSR count). The lowest BCUT2D eigenvalue weighted by Gasteiger charge is -2.14. The van der Waals surface area contributed by atoms with Gasteiger partial charge in [-0.3, -0.25) is 9.20 Å². The molecule has 0 aliphatic carbocycles. The summed E-state index contributed by atoms with van der Waals surface area (Å²) < 4.78 is 80.4. The minimum absolute atomic E-state index is 0.108. The molecule has 0 saturated carbocycles. The van der Waals surface area contributed by atoms with E-state index in [0.29, 0.717) is 6.07 Å². The van der Waals surface area contributed by atoms with Crippen molar-refractivity contribution in [3.8, 4) is 0 Å². The predicted molar refractivity (Wildman–Crippen MR) is 101 cm³/mol. The van der Waals surface area contributed by atoms with Crippen molar-refractivity contribution in [1.29, 1.82) is 0 Å². The normalized spacial score (nSPS) is 13.7. The quantitative estimate of drug-likeness (QED) is 0.434. The van der Waals surface area contributed by atoms with E-state index in [-0.39, 0.29) is 27.1 Å². The van der Waals surface area contributed by atoms with Crippen molar-refractivity contribution in [3.05, 3.63) is 49.6 Å². The monoisotopic (exact) mass is 489 g/mol. The molecule has 1 unspecified atom stereocenters. The second-order valence-electron chi connectivity index (χ2n) is 5.93. The average molecular weight is 490 g/mol. The van der Waals surface area contributed by atoms with Crippen LogP contribution in [0.4, 0.5) is 26.3 Å². The molecule has 0 radical (unpaired) electrons. The standard InChI is InChI=1S/C15H10ClF6N5OS2/c1-23-7(5-29)11-12(15(20,21)22)30-13-24-6(2-10(28)27(11)13)4-26-9(16)3-8(25-26)14(17,18)19/h2-3,5,7,23H,4H2,1H3. The SMILES string of the molecule is CNC(C=S)c1c(C(F)(F)F)sc2nc(Cn3nc(C(F)(F)F)cc3Cl)cc(=O)n12. The Bertz CT molecular complexity index is 1170. The lowest BCUT2D eigenvalue weighted by atomic mass is 10.2. The zero-order chi connectivity index (χ0) is 22.4. The van der Waals surface area contributed by atoms with Gasteiger partial charge in [-0.05, 0) is 7.05 Å². The van der Waals surface area contributed by atoms with Gasteiger partial charge in [0.1, 0.15) is 10.0 Å². The maximum atomic E-state index is 13.5. The summed E-state index contributed by atoms with van der Waals surface area (Å²) in [6.45, 7) is -0.447. The first-order chi connectivity index (χ1) is 13.9. The van der Waals surface area contributed by atoms with Crippen LogP contribution in [0.15, 0.2) is 16.9 Å². The van der Waals surface area contributed by atoms with E-state index in [1.165, 1.54) is 7.05 Å². The van der Waals surface area contributed by atoms with Crippen LogP contribution in [0.25, 0.3) is 4.96 Å². The van der Waals surface area contributed by atoms with E-state index in [0.717, 1.165) is 20.5 Å². The number of thiocarbonyl (C=S) groups is 1. The minimum atomic E-state index is -4.78. The van der Waals surface area contributed by atoms with E-state index in [9.17, 15) is 31.1 Å². The number of nitrogens with one attached hydrogen (secondary N) is 1. The van der Waals surface area contributed by atoms with Crippen molar-refractivity contribution in [2.24, 2.45) is 0 Å². The number of thiazole rings is 1. The maximum Gasteiger partial charge on any atom is 0.435 e. The highest BCUT2D eigenvalue weighted by atomic mass is 35.5. The summed E-state index contributed by atoms with van der Waals surface area (Å²) in [7, 11) is 1.38. The Morgan fingerprint density at radius 2 is 1.93 bits per heavy atom. The minimum Gasteiger partial charge on any atom is -0.308 e. The molecule has 30 heavy (non-hydrogen) atoms. The molecular weight excluding hydrogens is 480 g/mol. The summed E-state index contributed by atoms with van der Waals surface area (Å²) in [6, 6.07) is 0.435. The Morgan fingerprint density at radius 3 is 2.43 bits per heavy atom. The molecule has 0 aliphatic heterocycles. The third kappa shape index (κ3) is 4.22. The molecule has 1 N–H and O–H groups in total. The fourth-order valence-corrected chi connectivity index (χ4v) is 4.20. The molecule has 15 heteroatoms. The van der Waals surface area contributed by atoms with Crippen molar-refractivity contribution < 1.29 is 26.3 Å². The fraction of sp³-hybridized carbons (Fsp3) is 0.333. The third-order valence-electron chi connectivity index (χ3n) is 3.94. The fourth-order valence-electron chi connectivity index (χ4n) is 2.67. The van der Waals surface area contributed by atoms with Crippen molar-refractivity contribution in [1.82, 2.24) is 24.5 Å². The van der Waals surface area contributed by atoms with Gasteiger partial charge in [0, 0.05) is 17.5 Å². The Kier molecular flexibility index (Phi) is 5.97. The molecule has 3 aromatic heterocycles. The van der Waals surface area contributed by atoms with E-state index in [4.69, 9.17) is 23.8 Å². The van der Waals surface area contributed by atoms with Gasteiger partial charge >= 0.3 is 12.4 Å². The van der Waals surface area contributed by atoms with Crippen LogP contribution in [0.1, 0.15) is 28.0 Å². The Hall–Kier alpha value is -2.03. The summed E-state index contributed by atoms with van der Waals surface area (Å²) in [4.78, 5) is 15.2. The second kappa shape index (κ2) is 7.90. The maximum absolute atomic E-state index is 13.5. The number of halogens is 7. The number of fused-ring (bicyclic) bond motifs is 1. The van der Waals surface area contributed by atoms with Crippen LogP contribution in [0, 0.1) is 0 Å². The highest BCUT2D eigenvalue weighted by Gasteiger charge is 2.39. The largest absolute Gasteiger partial charge is 0.435 e. The number of hydrogen-bond acceptors (Lipinski definition) is 6. The van der Waals surface area contributed by atoms with Gasteiger partial charge in [-0.25, -0.2) is 9.67 Å². The number of rotatable bonds is 5. The van der Waals surface area contributed by atoms with Crippen LogP contribution in [-0.2, 0) is 18.9 Å². The Labute approximate surface area is 178 Å². The van der Waals surface area contributed by atoms with Crippen LogP contribution in [0.3, 0.4) is 0 Å². The molecule has 0 fully saturated rings. The molecule has 0 aromatic carbocycles. The molecule has 162 valence electrons. The van der Waals surface area contributed by atoms with E-state index >= 15 is 0 Å². The van der Waals surface area contributed by atoms with Gasteiger partial charge in [-0.15, -0.1) is 0 Å². The van der Waals surface area contributed by atoms with Crippen LogP contribution >= 0.6 is 35.2 Å². The van der Waals surface area contributed by atoms with Crippen molar-refractivity contribution in [3.63, 3.8) is 0 Å². The first kappa shape index (κ1) is 22.7. The number of alkyl halides is 6. The van der Waals surface area contributed by atoms with Gasteiger partial charge in [0.25, 0.3) is 5.56 Å². The van der Waals surface area contributed by atoms with Gasteiger partial charge in [0.05, 0.1) is 24.0 Å². The molecule has 0 spiro atoms. The topological polar surface area (TPSA) is 64.2 Å². The van der Waals surface area contributed by atoms with Gasteiger partial charge in [0.15, 0.2) is 10.7 Å². The van der Waals surface area contributed by atoms with Crippen LogP contribution in [-0.4, -0.2) is 31.6 Å². The molecule has 0 bridgehead atoms. The molecule has 6 nitrogen and oxygen atoms in total. The van der Waals surface area contributed by atoms with Crippen molar-refractivity contribution >= 4 is 45.5 Å². The zero-order valence-corrected chi connectivity index (χ0v) is 17.1. The van der Waals surface area contributed by atoms with Gasteiger partial charge < -0.3 is 5.32 Å². The van der Waals surface area contributed by atoms with Crippen LogP contribution in [0.5, 0.6) is 0 Å². The molecule has 0 saturated heterocycles. The molecular formula is C15H10ClF6N5OS2. The van der Waals surface area contributed by atoms with Crippen molar-refractivity contribution in [2.75, 3.05) is 7.05 Å². The van der Waals surface area contributed by atoms with Gasteiger partial charge in [-0.2, -0.15) is 31.4 Å². The summed E-state index contributed by atoms with van der Waals surface area (Å²) >= 11 is 10.7. The van der Waals surface area contributed by atoms with Crippen LogP contribution in [0.2, 0.25) is 5.15 Å². The lowest BCUT2D eigenvalue weighted by molar-refractivity contribution is -0.141. The van der Waals surface area contributed by atoms with E-state index in [1.54, 1.807) is 0 Å². The zero-order valence-electron chi connectivity index (χ0n) is 14.7. The average Bonchev–Trinajstić information content (AvgIpc) is 3.18. The summed E-state index contributed by atoms with van der Waals surface area (Å²) in [5.41, 5.74) is -2.63. The van der Waals surface area contributed by atoms with E-state index in [2.05, 4.69) is 15.4 Å². The number of hydrogen-bond donors (Lipinski definition) is 1. The van der Waals surface area contributed by atoms with E-state index in [1.807, 2.05) is 0 Å². The number of aromatic nitrogens is 4. The van der Waals surface area contributed by atoms with Gasteiger partial charge in [-0.1, -0.05) is 35.2 Å². The third-order valence-corrected chi connectivity index (χ3v) is 5.62. The molecule has 3 aromatic rings. The number of nitrogens with zero attached hydrogens (tertiary/aromatic N) is 4. The highest BCUT2D eigenvalue weighted by molar-refractivity contribution is 7.79. The second-order valence-corrected chi connectivity index (χ2v) is 7.56. The van der Waals surface area contributed by atoms with E-state index < -0.39 is 46.8 Å². The first-order valence-corrected chi connectivity index (χ1v) is 9.59. The molecule has 0 amide bonds. The molecule has 0 aliphatic rings. The Morgan fingerprint density at radius 1 is 1.27 bits per heavy atom. The smallest absolute Gasteiger partial charge is 0.308 e.